The van der Waals surface area contributed by atoms with Crippen LogP contribution in [0.25, 0.3) is 0 Å². The number of halogens is 1. The molecule has 0 heterocycles. The van der Waals surface area contributed by atoms with Crippen molar-refractivity contribution in [3.63, 3.8) is 0 Å². The highest BCUT2D eigenvalue weighted by atomic mass is 79.9. The van der Waals surface area contributed by atoms with Crippen molar-refractivity contribution < 1.29 is 4.74 Å². The van der Waals surface area contributed by atoms with Crippen molar-refractivity contribution in [2.45, 2.75) is 16.7 Å². The quantitative estimate of drug-likeness (QED) is 0.796. The van der Waals surface area contributed by atoms with Crippen LogP contribution in [-0.2, 0) is 0 Å². The second-order valence-corrected chi connectivity index (χ2v) is 5.74. The lowest BCUT2D eigenvalue weighted by Crippen LogP contribution is -1.86. The normalized spacial score (nSPS) is 10.3. The van der Waals surface area contributed by atoms with Gasteiger partial charge in [-0.15, -0.1) is 0 Å². The van der Waals surface area contributed by atoms with Crippen molar-refractivity contribution in [3.8, 4) is 5.75 Å². The van der Waals surface area contributed by atoms with Crippen LogP contribution in [0.3, 0.4) is 0 Å². The maximum Gasteiger partial charge on any atom is 0.132 e. The van der Waals surface area contributed by atoms with Gasteiger partial charge >= 0.3 is 0 Å². The molecule has 0 aromatic heterocycles. The van der Waals surface area contributed by atoms with Gasteiger partial charge in [0.1, 0.15) is 5.75 Å². The molecule has 0 fully saturated rings. The topological polar surface area (TPSA) is 9.23 Å². The van der Waals surface area contributed by atoms with Crippen molar-refractivity contribution in [1.29, 1.82) is 0 Å². The molecule has 0 unspecified atom stereocenters. The molecule has 0 aliphatic rings. The average Bonchev–Trinajstić information content (AvgIpc) is 2.32. The summed E-state index contributed by atoms with van der Waals surface area (Å²) >= 11 is 5.19. The summed E-state index contributed by atoms with van der Waals surface area (Å²) in [5.74, 6) is 0.902. The van der Waals surface area contributed by atoms with Gasteiger partial charge in [-0.05, 0) is 37.3 Å². The first-order valence-electron chi connectivity index (χ1n) is 5.27. The molecule has 0 aliphatic heterocycles. The zero-order valence-electron chi connectivity index (χ0n) is 9.74. The maximum absolute atomic E-state index is 5.35. The van der Waals surface area contributed by atoms with Crippen molar-refractivity contribution in [1.82, 2.24) is 0 Å². The Labute approximate surface area is 114 Å². The van der Waals surface area contributed by atoms with Crippen molar-refractivity contribution in [2.24, 2.45) is 0 Å². The molecular weight excluding hydrogens is 296 g/mol. The summed E-state index contributed by atoms with van der Waals surface area (Å²) in [6, 6.07) is 14.5. The molecule has 17 heavy (non-hydrogen) atoms. The number of hydrogen-bond donors (Lipinski definition) is 0. The molecule has 0 saturated carbocycles. The molecule has 0 spiro atoms. The van der Waals surface area contributed by atoms with E-state index in [9.17, 15) is 0 Å². The van der Waals surface area contributed by atoms with Crippen LogP contribution in [0.2, 0.25) is 0 Å². The van der Waals surface area contributed by atoms with E-state index in [0.717, 1.165) is 15.1 Å². The van der Waals surface area contributed by atoms with Gasteiger partial charge in [-0.1, -0.05) is 45.4 Å². The van der Waals surface area contributed by atoms with Gasteiger partial charge in [-0.3, -0.25) is 0 Å². The average molecular weight is 309 g/mol. The minimum absolute atomic E-state index is 0.902. The predicted molar refractivity (Wildman–Crippen MR) is 76.0 cm³/mol. The molecule has 0 radical (unpaired) electrons. The molecule has 2 aromatic rings. The Hall–Kier alpha value is -0.930. The Morgan fingerprint density at radius 2 is 1.76 bits per heavy atom. The van der Waals surface area contributed by atoms with Crippen molar-refractivity contribution in [3.05, 3.63) is 52.5 Å². The van der Waals surface area contributed by atoms with Gasteiger partial charge in [0.15, 0.2) is 0 Å². The summed E-state index contributed by atoms with van der Waals surface area (Å²) in [4.78, 5) is 2.33. The van der Waals surface area contributed by atoms with Gasteiger partial charge in [0.2, 0.25) is 0 Å². The minimum atomic E-state index is 0.902. The van der Waals surface area contributed by atoms with E-state index < -0.39 is 0 Å². The fourth-order valence-electron chi connectivity index (χ4n) is 1.46. The van der Waals surface area contributed by atoms with E-state index in [4.69, 9.17) is 4.74 Å². The van der Waals surface area contributed by atoms with Crippen LogP contribution in [0.5, 0.6) is 5.75 Å². The Morgan fingerprint density at radius 1 is 1.06 bits per heavy atom. The highest BCUT2D eigenvalue weighted by Gasteiger charge is 2.05. The summed E-state index contributed by atoms with van der Waals surface area (Å²) in [6.07, 6.45) is 0. The fourth-order valence-corrected chi connectivity index (χ4v) is 2.94. The zero-order valence-corrected chi connectivity index (χ0v) is 12.1. The Morgan fingerprint density at radius 3 is 2.41 bits per heavy atom. The van der Waals surface area contributed by atoms with E-state index in [2.05, 4.69) is 53.2 Å². The first-order valence-corrected chi connectivity index (χ1v) is 6.88. The number of hydrogen-bond acceptors (Lipinski definition) is 2. The van der Waals surface area contributed by atoms with E-state index in [-0.39, 0.29) is 0 Å². The van der Waals surface area contributed by atoms with Gasteiger partial charge < -0.3 is 4.74 Å². The highest BCUT2D eigenvalue weighted by molar-refractivity contribution is 9.10. The molecule has 0 aliphatic carbocycles. The maximum atomic E-state index is 5.35. The second-order valence-electron chi connectivity index (χ2n) is 3.71. The lowest BCUT2D eigenvalue weighted by atomic mass is 10.2. The predicted octanol–water partition coefficient (Wildman–Crippen LogP) is 4.92. The number of methoxy groups -OCH3 is 1. The number of benzene rings is 2. The van der Waals surface area contributed by atoms with Gasteiger partial charge in [0.25, 0.3) is 0 Å². The van der Waals surface area contributed by atoms with Crippen LogP contribution in [-0.4, -0.2) is 7.11 Å². The number of aryl methyl sites for hydroxylation is 1. The van der Waals surface area contributed by atoms with Crippen LogP contribution >= 0.6 is 27.7 Å². The van der Waals surface area contributed by atoms with Crippen molar-refractivity contribution >= 4 is 27.7 Å². The third kappa shape index (κ3) is 3.27. The Bertz CT molecular complexity index is 508. The third-order valence-electron chi connectivity index (χ3n) is 2.37. The summed E-state index contributed by atoms with van der Waals surface area (Å²) in [5.41, 5.74) is 1.27. The summed E-state index contributed by atoms with van der Waals surface area (Å²) in [7, 11) is 1.70. The number of ether oxygens (including phenoxy) is 1. The summed E-state index contributed by atoms with van der Waals surface area (Å²) < 4.78 is 6.42. The molecule has 2 rings (SSSR count). The van der Waals surface area contributed by atoms with E-state index in [1.54, 1.807) is 18.9 Å². The van der Waals surface area contributed by atoms with Gasteiger partial charge in [0, 0.05) is 9.37 Å². The van der Waals surface area contributed by atoms with Crippen LogP contribution in [0.1, 0.15) is 5.56 Å². The van der Waals surface area contributed by atoms with Crippen LogP contribution in [0.15, 0.2) is 56.7 Å². The molecule has 0 atom stereocenters. The standard InChI is InChI=1S/C14H13BrOS/c1-10-3-6-12(7-4-10)17-14-9-11(15)5-8-13(14)16-2/h3-9H,1-2H3. The van der Waals surface area contributed by atoms with Gasteiger partial charge in [-0.2, -0.15) is 0 Å². The van der Waals surface area contributed by atoms with Crippen LogP contribution in [0, 0.1) is 6.92 Å². The molecule has 0 amide bonds. The van der Waals surface area contributed by atoms with E-state index in [1.165, 1.54) is 10.5 Å². The Balaban J connectivity index is 2.28. The fraction of sp³-hybridized carbons (Fsp3) is 0.143. The molecule has 1 nitrogen and oxygen atoms in total. The molecule has 0 N–H and O–H groups in total. The summed E-state index contributed by atoms with van der Waals surface area (Å²) in [6.45, 7) is 2.09. The smallest absolute Gasteiger partial charge is 0.132 e. The monoisotopic (exact) mass is 308 g/mol. The zero-order chi connectivity index (χ0) is 12.3. The lowest BCUT2D eigenvalue weighted by Gasteiger charge is -2.08. The third-order valence-corrected chi connectivity index (χ3v) is 3.91. The SMILES string of the molecule is COc1ccc(Br)cc1Sc1ccc(C)cc1. The van der Waals surface area contributed by atoms with Crippen LogP contribution < -0.4 is 4.74 Å². The number of rotatable bonds is 3. The van der Waals surface area contributed by atoms with Crippen molar-refractivity contribution in [2.75, 3.05) is 7.11 Å². The molecule has 3 heteroatoms. The van der Waals surface area contributed by atoms with Gasteiger partial charge in [0.05, 0.1) is 12.0 Å². The van der Waals surface area contributed by atoms with Gasteiger partial charge in [-0.25, -0.2) is 0 Å². The van der Waals surface area contributed by atoms with E-state index >= 15 is 0 Å². The summed E-state index contributed by atoms with van der Waals surface area (Å²) in [5, 5.41) is 0. The molecule has 2 aromatic carbocycles. The largest absolute Gasteiger partial charge is 0.496 e. The Kier molecular flexibility index (Phi) is 4.13. The molecule has 0 saturated heterocycles. The van der Waals surface area contributed by atoms with Crippen LogP contribution in [0.4, 0.5) is 0 Å². The second kappa shape index (κ2) is 5.61. The lowest BCUT2D eigenvalue weighted by molar-refractivity contribution is 0.404. The molecular formula is C14H13BrOS. The highest BCUT2D eigenvalue weighted by Crippen LogP contribution is 2.36. The van der Waals surface area contributed by atoms with E-state index in [1.807, 2.05) is 12.1 Å². The molecule has 88 valence electrons. The first-order chi connectivity index (χ1) is 8.19. The minimum Gasteiger partial charge on any atom is -0.496 e. The molecule has 0 bridgehead atoms. The van der Waals surface area contributed by atoms with E-state index in [0.29, 0.717) is 0 Å². The first kappa shape index (κ1) is 12.5.